The lowest BCUT2D eigenvalue weighted by molar-refractivity contribution is 0.630. The molecule has 0 spiro atoms. The molecule has 0 aliphatic rings. The number of nitrogens with two attached hydrogens (primary N) is 2. The Bertz CT molecular complexity index is 481. The van der Waals surface area contributed by atoms with E-state index in [1.807, 2.05) is 0 Å². The van der Waals surface area contributed by atoms with E-state index < -0.39 is 5.82 Å². The van der Waals surface area contributed by atoms with Crippen LogP contribution in [0.3, 0.4) is 0 Å². The Morgan fingerprint density at radius 1 is 1.00 bits per heavy atom. The highest BCUT2D eigenvalue weighted by molar-refractivity contribution is 5.64. The zero-order valence-corrected chi connectivity index (χ0v) is 7.81. The average Bonchev–Trinajstić information content (AvgIpc) is 2.20. The number of nitrogen functional groups attached to an aromatic ring is 2. The summed E-state index contributed by atoms with van der Waals surface area (Å²) in [6.07, 6.45) is 2.86. The van der Waals surface area contributed by atoms with Gasteiger partial charge in [-0.25, -0.2) is 14.4 Å². The largest absolute Gasteiger partial charge is 0.384 e. The fourth-order valence-corrected chi connectivity index (χ4v) is 1.22. The molecule has 0 saturated heterocycles. The first-order valence-electron chi connectivity index (χ1n) is 4.30. The standard InChI is InChI=1S/C10H9FN4/c11-8-3-10(13)15-5-7(8)6-1-2-9(12)14-4-6/h1-5H,(H2,12,14)(H2,13,15). The zero-order valence-electron chi connectivity index (χ0n) is 7.81. The van der Waals surface area contributed by atoms with Crippen molar-refractivity contribution in [3.8, 4) is 11.1 Å². The molecule has 0 fully saturated rings. The number of anilines is 2. The molecule has 0 saturated carbocycles. The number of aromatic nitrogens is 2. The second kappa shape index (κ2) is 3.53. The molecule has 0 aliphatic carbocycles. The van der Waals surface area contributed by atoms with E-state index in [2.05, 4.69) is 9.97 Å². The second-order valence-corrected chi connectivity index (χ2v) is 3.06. The Labute approximate surface area is 85.8 Å². The van der Waals surface area contributed by atoms with Crippen LogP contribution < -0.4 is 11.5 Å². The van der Waals surface area contributed by atoms with Gasteiger partial charge >= 0.3 is 0 Å². The highest BCUT2D eigenvalue weighted by atomic mass is 19.1. The van der Waals surface area contributed by atoms with Crippen molar-refractivity contribution in [3.63, 3.8) is 0 Å². The van der Waals surface area contributed by atoms with Gasteiger partial charge in [-0.15, -0.1) is 0 Å². The molecule has 76 valence electrons. The summed E-state index contributed by atoms with van der Waals surface area (Å²) in [6.45, 7) is 0. The molecule has 0 bridgehead atoms. The van der Waals surface area contributed by atoms with Gasteiger partial charge in [0.2, 0.25) is 0 Å². The number of pyridine rings is 2. The van der Waals surface area contributed by atoms with Crippen LogP contribution >= 0.6 is 0 Å². The monoisotopic (exact) mass is 204 g/mol. The normalized spacial score (nSPS) is 10.2. The molecule has 4 nitrogen and oxygen atoms in total. The highest BCUT2D eigenvalue weighted by Gasteiger charge is 2.06. The fraction of sp³-hybridized carbons (Fsp3) is 0. The zero-order chi connectivity index (χ0) is 10.8. The number of nitrogens with zero attached hydrogens (tertiary/aromatic N) is 2. The summed E-state index contributed by atoms with van der Waals surface area (Å²) in [5.74, 6) is 0.122. The second-order valence-electron chi connectivity index (χ2n) is 3.06. The third-order valence-corrected chi connectivity index (χ3v) is 1.97. The molecule has 2 heterocycles. The molecule has 5 heteroatoms. The molecule has 0 radical (unpaired) electrons. The lowest BCUT2D eigenvalue weighted by Crippen LogP contribution is -1.94. The molecule has 2 rings (SSSR count). The first kappa shape index (κ1) is 9.39. The van der Waals surface area contributed by atoms with Crippen LogP contribution in [0.1, 0.15) is 0 Å². The molecule has 15 heavy (non-hydrogen) atoms. The summed E-state index contributed by atoms with van der Waals surface area (Å²) < 4.78 is 13.5. The van der Waals surface area contributed by atoms with Gasteiger partial charge in [-0.2, -0.15) is 0 Å². The van der Waals surface area contributed by atoms with E-state index in [0.29, 0.717) is 16.9 Å². The van der Waals surface area contributed by atoms with Crippen molar-refractivity contribution < 1.29 is 4.39 Å². The van der Waals surface area contributed by atoms with Crippen LogP contribution in [-0.2, 0) is 0 Å². The van der Waals surface area contributed by atoms with Gasteiger partial charge in [0, 0.05) is 29.6 Å². The minimum atomic E-state index is -0.422. The van der Waals surface area contributed by atoms with Crippen molar-refractivity contribution in [1.29, 1.82) is 0 Å². The number of halogens is 1. The van der Waals surface area contributed by atoms with Gasteiger partial charge in [-0.3, -0.25) is 0 Å². The van der Waals surface area contributed by atoms with Crippen molar-refractivity contribution in [1.82, 2.24) is 9.97 Å². The Morgan fingerprint density at radius 3 is 2.33 bits per heavy atom. The highest BCUT2D eigenvalue weighted by Crippen LogP contribution is 2.22. The van der Waals surface area contributed by atoms with Crippen molar-refractivity contribution in [2.75, 3.05) is 11.5 Å². The van der Waals surface area contributed by atoms with Crippen LogP contribution in [-0.4, -0.2) is 9.97 Å². The number of hydrogen-bond donors (Lipinski definition) is 2. The molecule has 4 N–H and O–H groups in total. The Balaban J connectivity index is 2.49. The Morgan fingerprint density at radius 2 is 1.73 bits per heavy atom. The van der Waals surface area contributed by atoms with Gasteiger partial charge in [-0.05, 0) is 12.1 Å². The summed E-state index contributed by atoms with van der Waals surface area (Å²) in [5, 5.41) is 0. The molecular formula is C10H9FN4. The lowest BCUT2D eigenvalue weighted by atomic mass is 10.1. The predicted molar refractivity (Wildman–Crippen MR) is 56.3 cm³/mol. The topological polar surface area (TPSA) is 77.8 Å². The van der Waals surface area contributed by atoms with Crippen LogP contribution in [0.5, 0.6) is 0 Å². The summed E-state index contributed by atoms with van der Waals surface area (Å²) in [4.78, 5) is 7.69. The van der Waals surface area contributed by atoms with Gasteiger partial charge in [0.25, 0.3) is 0 Å². The predicted octanol–water partition coefficient (Wildman–Crippen LogP) is 1.45. The van der Waals surface area contributed by atoms with E-state index in [1.165, 1.54) is 18.5 Å². The van der Waals surface area contributed by atoms with E-state index in [9.17, 15) is 4.39 Å². The van der Waals surface area contributed by atoms with E-state index >= 15 is 0 Å². The van der Waals surface area contributed by atoms with Crippen LogP contribution in [0.25, 0.3) is 11.1 Å². The molecule has 0 unspecified atom stereocenters. The molecule has 0 atom stereocenters. The third kappa shape index (κ3) is 1.85. The molecule has 2 aromatic rings. The molecule has 2 aromatic heterocycles. The Hall–Kier alpha value is -2.17. The van der Waals surface area contributed by atoms with E-state index in [0.717, 1.165) is 0 Å². The van der Waals surface area contributed by atoms with E-state index in [1.54, 1.807) is 12.1 Å². The lowest BCUT2D eigenvalue weighted by Gasteiger charge is -2.03. The van der Waals surface area contributed by atoms with Crippen LogP contribution in [0.4, 0.5) is 16.0 Å². The number of hydrogen-bond acceptors (Lipinski definition) is 4. The number of rotatable bonds is 1. The van der Waals surface area contributed by atoms with Crippen LogP contribution in [0.2, 0.25) is 0 Å². The van der Waals surface area contributed by atoms with Gasteiger partial charge in [0.15, 0.2) is 0 Å². The molecular weight excluding hydrogens is 195 g/mol. The van der Waals surface area contributed by atoms with Crippen molar-refractivity contribution in [2.24, 2.45) is 0 Å². The van der Waals surface area contributed by atoms with Gasteiger partial charge in [0.05, 0.1) is 0 Å². The third-order valence-electron chi connectivity index (χ3n) is 1.97. The summed E-state index contributed by atoms with van der Waals surface area (Å²) in [5.41, 5.74) is 11.7. The minimum Gasteiger partial charge on any atom is -0.384 e. The molecule has 0 amide bonds. The van der Waals surface area contributed by atoms with E-state index in [-0.39, 0.29) is 5.82 Å². The minimum absolute atomic E-state index is 0.152. The van der Waals surface area contributed by atoms with E-state index in [4.69, 9.17) is 11.5 Å². The maximum atomic E-state index is 13.5. The summed E-state index contributed by atoms with van der Waals surface area (Å²) in [7, 11) is 0. The average molecular weight is 204 g/mol. The summed E-state index contributed by atoms with van der Waals surface area (Å²) in [6, 6.07) is 4.45. The summed E-state index contributed by atoms with van der Waals surface area (Å²) >= 11 is 0. The quantitative estimate of drug-likeness (QED) is 0.736. The van der Waals surface area contributed by atoms with Gasteiger partial charge < -0.3 is 11.5 Å². The van der Waals surface area contributed by atoms with Crippen molar-refractivity contribution in [3.05, 3.63) is 36.4 Å². The van der Waals surface area contributed by atoms with Crippen LogP contribution in [0, 0.1) is 5.82 Å². The first-order valence-corrected chi connectivity index (χ1v) is 4.30. The van der Waals surface area contributed by atoms with Gasteiger partial charge in [-0.1, -0.05) is 0 Å². The first-order chi connectivity index (χ1) is 7.16. The maximum Gasteiger partial charge on any atom is 0.136 e. The SMILES string of the molecule is Nc1ccc(-c2cnc(N)cc2F)cn1. The molecule has 0 aromatic carbocycles. The Kier molecular flexibility index (Phi) is 2.21. The maximum absolute atomic E-state index is 13.5. The molecule has 0 aliphatic heterocycles. The fourth-order valence-electron chi connectivity index (χ4n) is 1.22. The smallest absolute Gasteiger partial charge is 0.136 e. The van der Waals surface area contributed by atoms with Crippen LogP contribution in [0.15, 0.2) is 30.6 Å². The van der Waals surface area contributed by atoms with Crippen molar-refractivity contribution in [2.45, 2.75) is 0 Å². The van der Waals surface area contributed by atoms with Gasteiger partial charge in [0.1, 0.15) is 17.5 Å². The van der Waals surface area contributed by atoms with Crippen molar-refractivity contribution >= 4 is 11.6 Å².